The second-order valence-electron chi connectivity index (χ2n) is 6.62. The first-order valence-corrected chi connectivity index (χ1v) is 10.7. The van der Waals surface area contributed by atoms with Crippen LogP contribution in [0, 0.1) is 6.07 Å². The molecule has 2 N–H and O–H groups in total. The first kappa shape index (κ1) is 18.5. The summed E-state index contributed by atoms with van der Waals surface area (Å²) in [6.45, 7) is 0.378. The van der Waals surface area contributed by atoms with Gasteiger partial charge in [-0.15, -0.1) is 0 Å². The average molecular weight is 412 g/mol. The molecule has 1 amide bonds. The third-order valence-corrected chi connectivity index (χ3v) is 6.12. The van der Waals surface area contributed by atoms with Crippen LogP contribution in [0.1, 0.15) is 15.9 Å². The van der Waals surface area contributed by atoms with E-state index in [1.54, 1.807) is 42.5 Å². The number of carbonyl (C=O) groups is 1. The number of carbonyl (C=O) groups excluding carboxylic acids is 1. The molecule has 4 aromatic rings. The number of rotatable bonds is 4. The molecule has 1 radical (unpaired) electrons. The maximum atomic E-state index is 12.0. The summed E-state index contributed by atoms with van der Waals surface area (Å²) in [6.07, 6.45) is 1.18. The van der Waals surface area contributed by atoms with Gasteiger partial charge in [-0.2, -0.15) is 0 Å². The van der Waals surface area contributed by atoms with Crippen LogP contribution in [-0.2, 0) is 16.4 Å². The van der Waals surface area contributed by atoms with Crippen LogP contribution in [0.25, 0.3) is 21.8 Å². The molecule has 4 rings (SSSR count). The lowest BCUT2D eigenvalue weighted by atomic mass is 10.1. The number of nitrogens with two attached hydrogens (primary N) is 1. The Hall–Kier alpha value is -2.83. The van der Waals surface area contributed by atoms with Gasteiger partial charge < -0.3 is 10.3 Å². The molecule has 0 fully saturated rings. The standard InChI is InChI=1S/C21H16ClN2O3S/c1-28(26,27)14-6-2-5-13(11-14)12-24-18-10-4-8-16(21(23)25)19(18)15-7-3-9-17(22)20(15)24/h2-6,8-11H,12H2,1H3,(H2,23,25). The lowest BCUT2D eigenvalue weighted by molar-refractivity contribution is 0.100. The van der Waals surface area contributed by atoms with E-state index in [2.05, 4.69) is 6.07 Å². The van der Waals surface area contributed by atoms with Gasteiger partial charge in [0.05, 0.1) is 21.0 Å². The largest absolute Gasteiger partial charge is 0.366 e. The van der Waals surface area contributed by atoms with Crippen LogP contribution >= 0.6 is 11.6 Å². The highest BCUT2D eigenvalue weighted by atomic mass is 35.5. The molecule has 1 heterocycles. The van der Waals surface area contributed by atoms with Crippen LogP contribution in [-0.4, -0.2) is 25.1 Å². The van der Waals surface area contributed by atoms with E-state index in [0.717, 1.165) is 16.6 Å². The Balaban J connectivity index is 2.02. The van der Waals surface area contributed by atoms with Gasteiger partial charge in [-0.25, -0.2) is 8.42 Å². The van der Waals surface area contributed by atoms with Crippen LogP contribution in [0.5, 0.6) is 0 Å². The van der Waals surface area contributed by atoms with Crippen molar-refractivity contribution >= 4 is 49.2 Å². The van der Waals surface area contributed by atoms with Crippen LogP contribution in [0.2, 0.25) is 5.02 Å². The molecule has 5 nitrogen and oxygen atoms in total. The summed E-state index contributed by atoms with van der Waals surface area (Å²) in [4.78, 5) is 12.2. The number of hydrogen-bond donors (Lipinski definition) is 1. The smallest absolute Gasteiger partial charge is 0.249 e. The molecule has 3 aromatic carbocycles. The number of amides is 1. The van der Waals surface area contributed by atoms with E-state index < -0.39 is 15.7 Å². The minimum atomic E-state index is -3.32. The summed E-state index contributed by atoms with van der Waals surface area (Å²) in [6, 6.07) is 18.7. The fourth-order valence-electron chi connectivity index (χ4n) is 3.49. The number of nitrogens with zero attached hydrogens (tertiary/aromatic N) is 1. The Morgan fingerprint density at radius 3 is 2.64 bits per heavy atom. The lowest BCUT2D eigenvalue weighted by Gasteiger charge is -2.10. The molecule has 0 saturated heterocycles. The third kappa shape index (κ3) is 3.04. The second kappa shape index (κ2) is 6.65. The van der Waals surface area contributed by atoms with Gasteiger partial charge in [-0.05, 0) is 42.0 Å². The number of fused-ring (bicyclic) bond motifs is 3. The Bertz CT molecular complexity index is 1360. The highest BCUT2D eigenvalue weighted by molar-refractivity contribution is 7.90. The summed E-state index contributed by atoms with van der Waals surface area (Å²) in [7, 11) is -3.32. The number of aromatic nitrogens is 1. The van der Waals surface area contributed by atoms with Gasteiger partial charge in [-0.1, -0.05) is 35.9 Å². The van der Waals surface area contributed by atoms with Crippen molar-refractivity contribution < 1.29 is 13.2 Å². The molecule has 0 aliphatic heterocycles. The van der Waals surface area contributed by atoms with Gasteiger partial charge in [-0.3, -0.25) is 4.79 Å². The molecule has 0 spiro atoms. The summed E-state index contributed by atoms with van der Waals surface area (Å²) in [5, 5.41) is 1.91. The van der Waals surface area contributed by atoms with Crippen LogP contribution in [0.3, 0.4) is 0 Å². The maximum absolute atomic E-state index is 12.0. The maximum Gasteiger partial charge on any atom is 0.249 e. The highest BCUT2D eigenvalue weighted by Crippen LogP contribution is 2.35. The monoisotopic (exact) mass is 411 g/mol. The van der Waals surface area contributed by atoms with Crippen molar-refractivity contribution in [3.05, 3.63) is 76.8 Å². The van der Waals surface area contributed by atoms with Crippen molar-refractivity contribution in [1.82, 2.24) is 4.57 Å². The third-order valence-electron chi connectivity index (χ3n) is 4.71. The van der Waals surface area contributed by atoms with Gasteiger partial charge in [0, 0.05) is 29.1 Å². The summed E-state index contributed by atoms with van der Waals surface area (Å²) < 4.78 is 25.8. The molecule has 141 valence electrons. The molecule has 0 aliphatic carbocycles. The van der Waals surface area contributed by atoms with Crippen LogP contribution in [0.4, 0.5) is 0 Å². The van der Waals surface area contributed by atoms with Crippen molar-refractivity contribution in [1.29, 1.82) is 0 Å². The lowest BCUT2D eigenvalue weighted by Crippen LogP contribution is -2.11. The summed E-state index contributed by atoms with van der Waals surface area (Å²) >= 11 is 6.48. The first-order chi connectivity index (χ1) is 13.3. The van der Waals surface area contributed by atoms with Gasteiger partial charge >= 0.3 is 0 Å². The molecule has 0 bridgehead atoms. The molecule has 1 aromatic heterocycles. The van der Waals surface area contributed by atoms with Crippen molar-refractivity contribution in [2.75, 3.05) is 6.26 Å². The predicted molar refractivity (Wildman–Crippen MR) is 110 cm³/mol. The first-order valence-electron chi connectivity index (χ1n) is 8.47. The number of sulfone groups is 1. The normalized spacial score (nSPS) is 11.9. The molecule has 0 aliphatic rings. The van der Waals surface area contributed by atoms with E-state index >= 15 is 0 Å². The quantitative estimate of drug-likeness (QED) is 0.554. The molecular weight excluding hydrogens is 396 g/mol. The van der Waals surface area contributed by atoms with Crippen LogP contribution in [0.15, 0.2) is 59.5 Å². The summed E-state index contributed by atoms with van der Waals surface area (Å²) in [5.41, 5.74) is 8.27. The second-order valence-corrected chi connectivity index (χ2v) is 9.04. The molecule has 0 saturated carbocycles. The fraction of sp³-hybridized carbons (Fsp3) is 0.0952. The Labute approximate surface area is 167 Å². The van der Waals surface area contributed by atoms with E-state index in [9.17, 15) is 13.2 Å². The summed E-state index contributed by atoms with van der Waals surface area (Å²) in [5.74, 6) is -0.530. The molecular formula is C21H16ClN2O3S. The van der Waals surface area contributed by atoms with E-state index in [1.165, 1.54) is 6.26 Å². The van der Waals surface area contributed by atoms with Crippen molar-refractivity contribution in [3.63, 3.8) is 0 Å². The number of hydrogen-bond acceptors (Lipinski definition) is 3. The molecule has 0 unspecified atom stereocenters. The zero-order valence-corrected chi connectivity index (χ0v) is 16.5. The number of primary amides is 1. The predicted octanol–water partition coefficient (Wildman–Crippen LogP) is 3.80. The van der Waals surface area contributed by atoms with E-state index in [4.69, 9.17) is 17.3 Å². The minimum absolute atomic E-state index is 0.251. The SMILES string of the molecule is CS(=O)(=O)c1cccc(Cn2c3cccc(C(N)=O)c3c3[c]ccc(Cl)c32)c1. The zero-order valence-electron chi connectivity index (χ0n) is 14.9. The van der Waals surface area contributed by atoms with Crippen molar-refractivity contribution in [2.24, 2.45) is 5.73 Å². The van der Waals surface area contributed by atoms with Gasteiger partial charge in [0.25, 0.3) is 0 Å². The number of benzene rings is 3. The minimum Gasteiger partial charge on any atom is -0.366 e. The highest BCUT2D eigenvalue weighted by Gasteiger charge is 2.18. The molecule has 0 atom stereocenters. The van der Waals surface area contributed by atoms with Gasteiger partial charge in [0.15, 0.2) is 9.84 Å². The topological polar surface area (TPSA) is 82.2 Å². The van der Waals surface area contributed by atoms with Gasteiger partial charge in [0.2, 0.25) is 5.91 Å². The zero-order chi connectivity index (χ0) is 20.1. The van der Waals surface area contributed by atoms with Crippen molar-refractivity contribution in [3.8, 4) is 0 Å². The van der Waals surface area contributed by atoms with E-state index in [0.29, 0.717) is 27.9 Å². The van der Waals surface area contributed by atoms with Crippen molar-refractivity contribution in [2.45, 2.75) is 11.4 Å². The van der Waals surface area contributed by atoms with Crippen LogP contribution < -0.4 is 5.73 Å². The number of halogens is 1. The Morgan fingerprint density at radius 1 is 1.18 bits per heavy atom. The Morgan fingerprint density at radius 2 is 1.93 bits per heavy atom. The van der Waals surface area contributed by atoms with E-state index in [-0.39, 0.29) is 4.90 Å². The average Bonchev–Trinajstić information content (AvgIpc) is 2.96. The molecule has 7 heteroatoms. The van der Waals surface area contributed by atoms with Gasteiger partial charge in [0.1, 0.15) is 0 Å². The molecule has 28 heavy (non-hydrogen) atoms. The van der Waals surface area contributed by atoms with E-state index in [1.807, 2.05) is 16.7 Å². The Kier molecular flexibility index (Phi) is 4.40. The fourth-order valence-corrected chi connectivity index (χ4v) is 4.44.